The molecule has 1 aliphatic carbocycles. The maximum Gasteiger partial charge on any atom is 0.339 e. The third-order valence-corrected chi connectivity index (χ3v) is 6.00. The number of halogens is 1. The topological polar surface area (TPSA) is 125 Å². The SMILES string of the molecule is O=C(COC(=O)c1c2c(nc3ccccc13)/C(=C\c1ccco1)CCC2)Nc1ccc(F)cc1[N+](=O)[O-]. The Balaban J connectivity index is 1.43. The number of para-hydroxylation sites is 1. The highest BCUT2D eigenvalue weighted by Gasteiger charge is 2.27. The molecule has 0 saturated heterocycles. The van der Waals surface area contributed by atoms with E-state index in [-0.39, 0.29) is 5.69 Å². The van der Waals surface area contributed by atoms with Crippen LogP contribution in [0.15, 0.2) is 65.3 Å². The average Bonchev–Trinajstić information content (AvgIpc) is 3.40. The summed E-state index contributed by atoms with van der Waals surface area (Å²) in [6.07, 6.45) is 5.62. The number of fused-ring (bicyclic) bond motifs is 2. The van der Waals surface area contributed by atoms with Crippen LogP contribution in [0.2, 0.25) is 0 Å². The molecular formula is C27H20FN3O6. The van der Waals surface area contributed by atoms with Crippen LogP contribution in [-0.4, -0.2) is 28.4 Å². The van der Waals surface area contributed by atoms with E-state index in [1.165, 1.54) is 0 Å². The molecule has 0 fully saturated rings. The Labute approximate surface area is 209 Å². The van der Waals surface area contributed by atoms with Gasteiger partial charge in [-0.05, 0) is 66.8 Å². The molecule has 0 unspecified atom stereocenters. The molecule has 4 aromatic rings. The number of nitrogens with one attached hydrogen (secondary N) is 1. The zero-order chi connectivity index (χ0) is 25.9. The van der Waals surface area contributed by atoms with Gasteiger partial charge in [-0.15, -0.1) is 0 Å². The second-order valence-corrected chi connectivity index (χ2v) is 8.41. The van der Waals surface area contributed by atoms with E-state index in [9.17, 15) is 24.1 Å². The molecule has 2 aromatic carbocycles. The number of nitro benzene ring substituents is 1. The van der Waals surface area contributed by atoms with E-state index in [1.54, 1.807) is 30.5 Å². The smallest absolute Gasteiger partial charge is 0.339 e. The molecule has 1 N–H and O–H groups in total. The van der Waals surface area contributed by atoms with Crippen molar-refractivity contribution in [3.05, 3.63) is 99.4 Å². The van der Waals surface area contributed by atoms with E-state index < -0.39 is 34.9 Å². The van der Waals surface area contributed by atoms with Crippen molar-refractivity contribution in [1.29, 1.82) is 0 Å². The molecule has 0 saturated carbocycles. The molecule has 9 nitrogen and oxygen atoms in total. The van der Waals surface area contributed by atoms with Gasteiger partial charge in [0.25, 0.3) is 11.6 Å². The van der Waals surface area contributed by atoms with E-state index in [1.807, 2.05) is 18.2 Å². The summed E-state index contributed by atoms with van der Waals surface area (Å²) in [5.74, 6) is -1.65. The molecule has 5 rings (SSSR count). The lowest BCUT2D eigenvalue weighted by Crippen LogP contribution is -2.23. The van der Waals surface area contributed by atoms with Gasteiger partial charge in [0, 0.05) is 5.39 Å². The van der Waals surface area contributed by atoms with Crippen LogP contribution < -0.4 is 5.32 Å². The fourth-order valence-electron chi connectivity index (χ4n) is 4.40. The molecule has 0 aliphatic heterocycles. The Morgan fingerprint density at radius 3 is 2.78 bits per heavy atom. The number of nitro groups is 1. The molecule has 0 spiro atoms. The summed E-state index contributed by atoms with van der Waals surface area (Å²) in [5.41, 5.74) is 2.45. The first-order valence-electron chi connectivity index (χ1n) is 11.5. The number of aromatic nitrogens is 1. The van der Waals surface area contributed by atoms with E-state index in [0.717, 1.165) is 36.1 Å². The van der Waals surface area contributed by atoms with Crippen molar-refractivity contribution in [3.63, 3.8) is 0 Å². The van der Waals surface area contributed by atoms with Crippen LogP contribution in [0.3, 0.4) is 0 Å². The first kappa shape index (κ1) is 23.9. The van der Waals surface area contributed by atoms with Crippen LogP contribution in [0.5, 0.6) is 0 Å². The number of hydrogen-bond acceptors (Lipinski definition) is 7. The summed E-state index contributed by atoms with van der Waals surface area (Å²) in [5, 5.41) is 14.1. The van der Waals surface area contributed by atoms with Crippen LogP contribution in [-0.2, 0) is 16.0 Å². The highest BCUT2D eigenvalue weighted by Crippen LogP contribution is 2.36. The minimum Gasteiger partial charge on any atom is -0.465 e. The summed E-state index contributed by atoms with van der Waals surface area (Å²) >= 11 is 0. The standard InChI is InChI=1S/C27H20FN3O6/c28-17-10-11-22(23(14-17)31(34)35)29-24(32)15-37-27(33)25-19-7-1-2-9-21(19)30-26-16(5-3-8-20(25)26)13-18-6-4-12-36-18/h1-2,4,6-7,9-14H,3,5,8,15H2,(H,29,32)/b16-13-. The first-order valence-corrected chi connectivity index (χ1v) is 11.5. The van der Waals surface area contributed by atoms with Gasteiger partial charge in [-0.2, -0.15) is 0 Å². The lowest BCUT2D eigenvalue weighted by Gasteiger charge is -2.22. The Hall–Kier alpha value is -4.86. The van der Waals surface area contributed by atoms with Gasteiger partial charge in [-0.3, -0.25) is 14.9 Å². The number of allylic oxidation sites excluding steroid dienone is 1. The maximum absolute atomic E-state index is 13.4. The van der Waals surface area contributed by atoms with Gasteiger partial charge >= 0.3 is 5.97 Å². The van der Waals surface area contributed by atoms with Crippen molar-refractivity contribution < 1.29 is 28.1 Å². The van der Waals surface area contributed by atoms with Gasteiger partial charge in [-0.1, -0.05) is 18.2 Å². The largest absolute Gasteiger partial charge is 0.465 e. The Morgan fingerprint density at radius 2 is 2.00 bits per heavy atom. The molecule has 2 aromatic heterocycles. The van der Waals surface area contributed by atoms with Crippen molar-refractivity contribution >= 4 is 45.8 Å². The summed E-state index contributed by atoms with van der Waals surface area (Å²) in [6, 6.07) is 13.6. The number of ether oxygens (including phenoxy) is 1. The molecular weight excluding hydrogens is 481 g/mol. The number of anilines is 1. The second kappa shape index (κ2) is 10.0. The second-order valence-electron chi connectivity index (χ2n) is 8.41. The fourth-order valence-corrected chi connectivity index (χ4v) is 4.40. The number of rotatable bonds is 6. The van der Waals surface area contributed by atoms with Crippen LogP contribution in [0.1, 0.15) is 40.2 Å². The summed E-state index contributed by atoms with van der Waals surface area (Å²) in [4.78, 5) is 40.9. The highest BCUT2D eigenvalue weighted by molar-refractivity contribution is 6.07. The van der Waals surface area contributed by atoms with Gasteiger partial charge in [0.2, 0.25) is 0 Å². The number of furan rings is 1. The Kier molecular flexibility index (Phi) is 6.46. The molecule has 0 atom stereocenters. The number of amides is 1. The Bertz CT molecular complexity index is 1560. The number of nitrogens with zero attached hydrogens (tertiary/aromatic N) is 2. The lowest BCUT2D eigenvalue weighted by atomic mass is 9.86. The summed E-state index contributed by atoms with van der Waals surface area (Å²) < 4.78 is 24.2. The fraction of sp³-hybridized carbons (Fsp3) is 0.148. The first-order chi connectivity index (χ1) is 17.9. The maximum atomic E-state index is 13.4. The molecule has 37 heavy (non-hydrogen) atoms. The van der Waals surface area contributed by atoms with Crippen LogP contribution >= 0.6 is 0 Å². The molecule has 0 radical (unpaired) electrons. The van der Waals surface area contributed by atoms with Gasteiger partial charge in [0.05, 0.1) is 34.0 Å². The summed E-state index contributed by atoms with van der Waals surface area (Å²) in [6.45, 7) is -0.687. The molecule has 186 valence electrons. The van der Waals surface area contributed by atoms with Gasteiger partial charge in [0.1, 0.15) is 17.3 Å². The quantitative estimate of drug-likeness (QED) is 0.209. The van der Waals surface area contributed by atoms with Gasteiger partial charge in [-0.25, -0.2) is 14.2 Å². The van der Waals surface area contributed by atoms with Crippen molar-refractivity contribution in [2.75, 3.05) is 11.9 Å². The highest BCUT2D eigenvalue weighted by atomic mass is 19.1. The van der Waals surface area contributed by atoms with Crippen molar-refractivity contribution in [1.82, 2.24) is 4.98 Å². The third-order valence-electron chi connectivity index (χ3n) is 6.00. The number of esters is 1. The van der Waals surface area contributed by atoms with Crippen molar-refractivity contribution in [2.24, 2.45) is 0 Å². The third kappa shape index (κ3) is 4.94. The minimum atomic E-state index is -0.814. The molecule has 1 aliphatic rings. The number of carbonyl (C=O) groups is 2. The Morgan fingerprint density at radius 1 is 1.16 bits per heavy atom. The number of carbonyl (C=O) groups excluding carboxylic acids is 2. The average molecular weight is 501 g/mol. The van der Waals surface area contributed by atoms with Crippen LogP contribution in [0.25, 0.3) is 22.6 Å². The lowest BCUT2D eigenvalue weighted by molar-refractivity contribution is -0.384. The molecule has 1 amide bonds. The normalized spacial score (nSPS) is 13.8. The summed E-state index contributed by atoms with van der Waals surface area (Å²) in [7, 11) is 0. The minimum absolute atomic E-state index is 0.202. The zero-order valence-electron chi connectivity index (χ0n) is 19.4. The predicted octanol–water partition coefficient (Wildman–Crippen LogP) is 5.55. The zero-order valence-corrected chi connectivity index (χ0v) is 19.4. The molecule has 10 heteroatoms. The molecule has 2 heterocycles. The van der Waals surface area contributed by atoms with Crippen molar-refractivity contribution in [2.45, 2.75) is 19.3 Å². The van der Waals surface area contributed by atoms with E-state index >= 15 is 0 Å². The van der Waals surface area contributed by atoms with E-state index in [4.69, 9.17) is 14.1 Å². The van der Waals surface area contributed by atoms with E-state index in [2.05, 4.69) is 5.32 Å². The van der Waals surface area contributed by atoms with Crippen LogP contribution in [0.4, 0.5) is 15.8 Å². The van der Waals surface area contributed by atoms with Gasteiger partial charge < -0.3 is 14.5 Å². The molecule has 0 bridgehead atoms. The van der Waals surface area contributed by atoms with Crippen LogP contribution in [0, 0.1) is 15.9 Å². The number of pyridine rings is 1. The van der Waals surface area contributed by atoms with E-state index in [0.29, 0.717) is 40.4 Å². The predicted molar refractivity (Wildman–Crippen MR) is 133 cm³/mol. The van der Waals surface area contributed by atoms with Crippen molar-refractivity contribution in [3.8, 4) is 0 Å². The number of benzene rings is 2. The monoisotopic (exact) mass is 501 g/mol. The number of hydrogen-bond donors (Lipinski definition) is 1. The van der Waals surface area contributed by atoms with Gasteiger partial charge in [0.15, 0.2) is 6.61 Å².